The molecule has 3 unspecified atom stereocenters. The van der Waals surface area contributed by atoms with Gasteiger partial charge in [-0.05, 0) is 55.5 Å². The Bertz CT molecular complexity index is 1430. The number of aliphatic hydroxyl groups is 1. The summed E-state index contributed by atoms with van der Waals surface area (Å²) in [5.41, 5.74) is -0.640. The van der Waals surface area contributed by atoms with Gasteiger partial charge in [-0.15, -0.1) is 13.2 Å². The molecular weight excluding hydrogens is 570 g/mol. The molecule has 2 aromatic rings. The predicted molar refractivity (Wildman–Crippen MR) is 172 cm³/mol. The van der Waals surface area contributed by atoms with Crippen molar-refractivity contribution < 1.29 is 29.0 Å². The van der Waals surface area contributed by atoms with Crippen molar-refractivity contribution in [2.24, 2.45) is 17.8 Å². The van der Waals surface area contributed by atoms with Crippen LogP contribution in [0.1, 0.15) is 39.2 Å². The second-order valence-corrected chi connectivity index (χ2v) is 12.6. The number of ether oxygens (including phenoxy) is 2. The van der Waals surface area contributed by atoms with Gasteiger partial charge in [0.1, 0.15) is 17.4 Å². The van der Waals surface area contributed by atoms with E-state index < -0.39 is 35.1 Å². The van der Waals surface area contributed by atoms with E-state index >= 15 is 0 Å². The lowest BCUT2D eigenvalue weighted by atomic mass is 9.62. The standard InChI is InChI=1S/C36H45N3O6/c1-7-19-37(22-25-13-11-10-12-14-25)32(41)29-30-33(42)39(26(9-3)23-40)31(36(30)21-24(4)35(29,5)45-36)34(43)38(20-8-2)27-15-17-28(44-6)18-16-27/h7-8,10-18,24,26,29-31,40H,1-2,9,19-23H2,3-6H3/t24?,26-,29+,30-,31?,35-,36?/m0/s1. The lowest BCUT2D eigenvalue weighted by molar-refractivity contribution is -0.154. The molecule has 5 rings (SSSR count). The zero-order chi connectivity index (χ0) is 32.5. The predicted octanol–water partition coefficient (Wildman–Crippen LogP) is 4.21. The van der Waals surface area contributed by atoms with E-state index in [1.165, 1.54) is 4.90 Å². The number of methoxy groups -OCH3 is 1. The molecule has 2 aromatic carbocycles. The van der Waals surface area contributed by atoms with Crippen LogP contribution in [0, 0.1) is 17.8 Å². The van der Waals surface area contributed by atoms with Gasteiger partial charge in [0.2, 0.25) is 11.8 Å². The average Bonchev–Trinajstić information content (AvgIpc) is 3.56. The summed E-state index contributed by atoms with van der Waals surface area (Å²) in [5.74, 6) is -2.03. The summed E-state index contributed by atoms with van der Waals surface area (Å²) in [6, 6.07) is 15.2. The molecule has 3 aliphatic rings. The molecule has 2 bridgehead atoms. The molecule has 3 amide bonds. The molecule has 0 radical (unpaired) electrons. The summed E-state index contributed by atoms with van der Waals surface area (Å²) in [7, 11) is 1.58. The molecule has 45 heavy (non-hydrogen) atoms. The highest BCUT2D eigenvalue weighted by molar-refractivity contribution is 6.05. The first-order valence-electron chi connectivity index (χ1n) is 15.7. The van der Waals surface area contributed by atoms with E-state index in [2.05, 4.69) is 13.2 Å². The van der Waals surface area contributed by atoms with Gasteiger partial charge in [-0.3, -0.25) is 14.4 Å². The normalized spacial score (nSPS) is 28.8. The van der Waals surface area contributed by atoms with E-state index in [1.807, 2.05) is 51.1 Å². The number of rotatable bonds is 13. The molecule has 3 fully saturated rings. The Morgan fingerprint density at radius 2 is 1.78 bits per heavy atom. The number of likely N-dealkylation sites (tertiary alicyclic amines) is 1. The summed E-state index contributed by atoms with van der Waals surface area (Å²) in [6.45, 7) is 14.1. The van der Waals surface area contributed by atoms with Crippen LogP contribution in [-0.4, -0.2) is 82.7 Å². The van der Waals surface area contributed by atoms with Crippen LogP contribution in [0.2, 0.25) is 0 Å². The highest BCUT2D eigenvalue weighted by Gasteiger charge is 2.80. The second-order valence-electron chi connectivity index (χ2n) is 12.6. The zero-order valence-electron chi connectivity index (χ0n) is 26.7. The van der Waals surface area contributed by atoms with Crippen molar-refractivity contribution in [2.45, 2.75) is 63.4 Å². The first kappa shape index (κ1) is 32.4. The first-order chi connectivity index (χ1) is 21.6. The zero-order valence-corrected chi connectivity index (χ0v) is 26.7. The number of nitrogens with zero attached hydrogens (tertiary/aromatic N) is 3. The van der Waals surface area contributed by atoms with Gasteiger partial charge in [-0.1, -0.05) is 56.3 Å². The molecule has 1 spiro atoms. The summed E-state index contributed by atoms with van der Waals surface area (Å²) in [4.78, 5) is 49.0. The molecule has 3 saturated heterocycles. The summed E-state index contributed by atoms with van der Waals surface area (Å²) < 4.78 is 12.3. The number of hydrogen-bond acceptors (Lipinski definition) is 6. The second kappa shape index (κ2) is 12.8. The Kier molecular flexibility index (Phi) is 9.23. The van der Waals surface area contributed by atoms with Crippen LogP contribution >= 0.6 is 0 Å². The van der Waals surface area contributed by atoms with Crippen molar-refractivity contribution in [1.82, 2.24) is 9.80 Å². The highest BCUT2D eigenvalue weighted by Crippen LogP contribution is 2.66. The molecule has 240 valence electrons. The Balaban J connectivity index is 1.61. The van der Waals surface area contributed by atoms with Gasteiger partial charge in [-0.25, -0.2) is 0 Å². The van der Waals surface area contributed by atoms with Crippen LogP contribution in [0.4, 0.5) is 5.69 Å². The number of anilines is 1. The Morgan fingerprint density at radius 1 is 1.11 bits per heavy atom. The minimum Gasteiger partial charge on any atom is -0.497 e. The van der Waals surface area contributed by atoms with Crippen molar-refractivity contribution in [2.75, 3.05) is 31.7 Å². The van der Waals surface area contributed by atoms with Crippen LogP contribution < -0.4 is 9.64 Å². The maximum absolute atomic E-state index is 14.9. The van der Waals surface area contributed by atoms with Crippen LogP contribution in [0.15, 0.2) is 79.9 Å². The molecule has 3 heterocycles. The molecule has 0 saturated carbocycles. The van der Waals surface area contributed by atoms with Gasteiger partial charge in [0, 0.05) is 25.3 Å². The first-order valence-corrected chi connectivity index (χ1v) is 15.7. The fourth-order valence-electron chi connectivity index (χ4n) is 7.89. The quantitative estimate of drug-likeness (QED) is 0.339. The molecule has 0 aromatic heterocycles. The summed E-state index contributed by atoms with van der Waals surface area (Å²) in [6.07, 6.45) is 4.19. The minimum atomic E-state index is -1.25. The van der Waals surface area contributed by atoms with Crippen LogP contribution in [0.25, 0.3) is 0 Å². The van der Waals surface area contributed by atoms with Gasteiger partial charge >= 0.3 is 0 Å². The monoisotopic (exact) mass is 615 g/mol. The summed E-state index contributed by atoms with van der Waals surface area (Å²) in [5, 5.41) is 10.5. The Hall–Kier alpha value is -3.95. The van der Waals surface area contributed by atoms with E-state index in [-0.39, 0.29) is 36.8 Å². The van der Waals surface area contributed by atoms with Gasteiger partial charge in [0.15, 0.2) is 0 Å². The molecule has 9 heteroatoms. The van der Waals surface area contributed by atoms with Crippen molar-refractivity contribution >= 4 is 23.4 Å². The number of carbonyl (C=O) groups excluding carboxylic acids is 3. The van der Waals surface area contributed by atoms with Crippen molar-refractivity contribution in [3.8, 4) is 5.75 Å². The largest absolute Gasteiger partial charge is 0.497 e. The van der Waals surface area contributed by atoms with Gasteiger partial charge < -0.3 is 29.3 Å². The van der Waals surface area contributed by atoms with Crippen molar-refractivity contribution in [3.63, 3.8) is 0 Å². The average molecular weight is 616 g/mol. The molecule has 7 atom stereocenters. The number of amides is 3. The van der Waals surface area contributed by atoms with Crippen molar-refractivity contribution in [1.29, 1.82) is 0 Å². The fraction of sp³-hybridized carbons (Fsp3) is 0.472. The molecular formula is C36H45N3O6. The minimum absolute atomic E-state index is 0.115. The third-order valence-corrected chi connectivity index (χ3v) is 10.2. The Morgan fingerprint density at radius 3 is 2.36 bits per heavy atom. The maximum Gasteiger partial charge on any atom is 0.253 e. The van der Waals surface area contributed by atoms with Crippen LogP contribution in [0.5, 0.6) is 5.75 Å². The SMILES string of the molecule is C=CCN(Cc1ccccc1)C(=O)[C@H]1[C@H]2C(=O)N([C@@H](CC)CO)C(C(=O)N(CC=C)c3ccc(OC)cc3)C23CC(C)[C@]1(C)O3. The number of fused-ring (bicyclic) bond motifs is 1. The van der Waals surface area contributed by atoms with Gasteiger partial charge in [0.05, 0.1) is 37.2 Å². The van der Waals surface area contributed by atoms with Crippen LogP contribution in [0.3, 0.4) is 0 Å². The molecule has 1 N–H and O–H groups in total. The van der Waals surface area contributed by atoms with Crippen LogP contribution in [-0.2, 0) is 25.7 Å². The topological polar surface area (TPSA) is 99.6 Å². The van der Waals surface area contributed by atoms with E-state index in [4.69, 9.17) is 9.47 Å². The van der Waals surface area contributed by atoms with E-state index in [1.54, 1.807) is 53.3 Å². The van der Waals surface area contributed by atoms with Gasteiger partial charge in [-0.2, -0.15) is 0 Å². The fourth-order valence-corrected chi connectivity index (χ4v) is 7.89. The van der Waals surface area contributed by atoms with Gasteiger partial charge in [0.25, 0.3) is 5.91 Å². The number of benzene rings is 2. The Labute approximate surface area is 266 Å². The van der Waals surface area contributed by atoms with E-state index in [9.17, 15) is 19.5 Å². The number of aliphatic hydroxyl groups excluding tert-OH is 1. The lowest BCUT2D eigenvalue weighted by Gasteiger charge is -2.39. The number of hydrogen-bond donors (Lipinski definition) is 1. The highest BCUT2D eigenvalue weighted by atomic mass is 16.5. The molecule has 9 nitrogen and oxygen atoms in total. The third kappa shape index (κ3) is 5.25. The summed E-state index contributed by atoms with van der Waals surface area (Å²) >= 11 is 0. The maximum atomic E-state index is 14.9. The number of carbonyl (C=O) groups is 3. The molecule has 0 aliphatic carbocycles. The van der Waals surface area contributed by atoms with Crippen molar-refractivity contribution in [3.05, 3.63) is 85.5 Å². The smallest absolute Gasteiger partial charge is 0.253 e. The van der Waals surface area contributed by atoms with E-state index in [0.29, 0.717) is 37.4 Å². The van der Waals surface area contributed by atoms with E-state index in [0.717, 1.165) is 5.56 Å². The lowest BCUT2D eigenvalue weighted by Crippen LogP contribution is -2.59. The third-order valence-electron chi connectivity index (χ3n) is 10.2. The molecule has 3 aliphatic heterocycles.